The first-order chi connectivity index (χ1) is 7.24. The molecule has 0 amide bonds. The Morgan fingerprint density at radius 3 is 2.73 bits per heavy atom. The van der Waals surface area contributed by atoms with Gasteiger partial charge in [-0.1, -0.05) is 12.2 Å². The molecular formula is C12H15NO2. The molecular weight excluding hydrogens is 190 g/mol. The summed E-state index contributed by atoms with van der Waals surface area (Å²) in [5.41, 5.74) is 8.16. The SMILES string of the molecule is COc1cc2c(c(OC)c1)CC(N)C=C2. The van der Waals surface area contributed by atoms with Crippen molar-refractivity contribution in [1.82, 2.24) is 0 Å². The van der Waals surface area contributed by atoms with Crippen LogP contribution in [-0.2, 0) is 6.42 Å². The van der Waals surface area contributed by atoms with Crippen LogP contribution in [-0.4, -0.2) is 20.3 Å². The van der Waals surface area contributed by atoms with Crippen molar-refractivity contribution in [2.45, 2.75) is 12.5 Å². The second-order valence-corrected chi connectivity index (χ2v) is 3.62. The molecule has 1 aromatic carbocycles. The standard InChI is InChI=1S/C12H15NO2/c1-14-10-5-8-3-4-9(13)6-11(8)12(7-10)15-2/h3-5,7,9H,6,13H2,1-2H3. The Bertz CT molecular complexity index is 399. The summed E-state index contributed by atoms with van der Waals surface area (Å²) < 4.78 is 10.5. The van der Waals surface area contributed by atoms with Gasteiger partial charge in [-0.2, -0.15) is 0 Å². The molecule has 1 unspecified atom stereocenters. The van der Waals surface area contributed by atoms with Gasteiger partial charge in [-0.05, 0) is 18.1 Å². The van der Waals surface area contributed by atoms with Gasteiger partial charge in [0.05, 0.1) is 14.2 Å². The van der Waals surface area contributed by atoms with Crippen molar-refractivity contribution in [1.29, 1.82) is 0 Å². The van der Waals surface area contributed by atoms with E-state index in [2.05, 4.69) is 0 Å². The molecule has 2 rings (SSSR count). The third kappa shape index (κ3) is 1.83. The summed E-state index contributed by atoms with van der Waals surface area (Å²) >= 11 is 0. The Labute approximate surface area is 89.5 Å². The van der Waals surface area contributed by atoms with Crippen molar-refractivity contribution in [3.8, 4) is 11.5 Å². The molecule has 1 aliphatic carbocycles. The zero-order valence-electron chi connectivity index (χ0n) is 8.99. The maximum atomic E-state index is 5.87. The van der Waals surface area contributed by atoms with Crippen molar-refractivity contribution in [3.63, 3.8) is 0 Å². The molecule has 1 aromatic rings. The lowest BCUT2D eigenvalue weighted by molar-refractivity contribution is 0.390. The number of hydrogen-bond donors (Lipinski definition) is 1. The third-order valence-corrected chi connectivity index (χ3v) is 2.64. The van der Waals surface area contributed by atoms with Crippen LogP contribution in [0.25, 0.3) is 6.08 Å². The van der Waals surface area contributed by atoms with Gasteiger partial charge in [0.2, 0.25) is 0 Å². The second kappa shape index (κ2) is 3.95. The highest BCUT2D eigenvalue weighted by Gasteiger charge is 2.16. The summed E-state index contributed by atoms with van der Waals surface area (Å²) in [4.78, 5) is 0. The summed E-state index contributed by atoms with van der Waals surface area (Å²) in [6.07, 6.45) is 4.84. The lowest BCUT2D eigenvalue weighted by Gasteiger charge is -2.19. The summed E-state index contributed by atoms with van der Waals surface area (Å²) in [7, 11) is 3.32. The lowest BCUT2D eigenvalue weighted by Crippen LogP contribution is -2.23. The zero-order chi connectivity index (χ0) is 10.8. The first kappa shape index (κ1) is 10.1. The van der Waals surface area contributed by atoms with E-state index in [1.165, 1.54) is 0 Å². The van der Waals surface area contributed by atoms with E-state index < -0.39 is 0 Å². The number of ether oxygens (including phenoxy) is 2. The molecule has 0 fully saturated rings. The topological polar surface area (TPSA) is 44.5 Å². The molecule has 1 atom stereocenters. The molecule has 0 aliphatic heterocycles. The Morgan fingerprint density at radius 2 is 2.07 bits per heavy atom. The molecule has 0 heterocycles. The van der Waals surface area contributed by atoms with Crippen LogP contribution in [0.5, 0.6) is 11.5 Å². The van der Waals surface area contributed by atoms with Crippen molar-refractivity contribution in [3.05, 3.63) is 29.3 Å². The maximum absolute atomic E-state index is 5.87. The van der Waals surface area contributed by atoms with Crippen LogP contribution in [0, 0.1) is 0 Å². The molecule has 80 valence electrons. The zero-order valence-corrected chi connectivity index (χ0v) is 8.99. The van der Waals surface area contributed by atoms with E-state index in [4.69, 9.17) is 15.2 Å². The van der Waals surface area contributed by atoms with Gasteiger partial charge in [0.1, 0.15) is 11.5 Å². The number of methoxy groups -OCH3 is 2. The van der Waals surface area contributed by atoms with Gasteiger partial charge < -0.3 is 15.2 Å². The van der Waals surface area contributed by atoms with E-state index in [0.29, 0.717) is 0 Å². The number of fused-ring (bicyclic) bond motifs is 1. The smallest absolute Gasteiger partial charge is 0.126 e. The second-order valence-electron chi connectivity index (χ2n) is 3.62. The van der Waals surface area contributed by atoms with Gasteiger partial charge in [-0.3, -0.25) is 0 Å². The molecule has 3 nitrogen and oxygen atoms in total. The number of benzene rings is 1. The largest absolute Gasteiger partial charge is 0.497 e. The van der Waals surface area contributed by atoms with Crippen molar-refractivity contribution in [2.75, 3.05) is 14.2 Å². The first-order valence-electron chi connectivity index (χ1n) is 4.93. The molecule has 0 aromatic heterocycles. The van der Waals surface area contributed by atoms with Gasteiger partial charge >= 0.3 is 0 Å². The average Bonchev–Trinajstić information content (AvgIpc) is 2.27. The number of rotatable bonds is 2. The normalized spacial score (nSPS) is 18.5. The van der Waals surface area contributed by atoms with E-state index >= 15 is 0 Å². The van der Waals surface area contributed by atoms with E-state index in [-0.39, 0.29) is 6.04 Å². The molecule has 1 aliphatic rings. The third-order valence-electron chi connectivity index (χ3n) is 2.64. The highest BCUT2D eigenvalue weighted by Crippen LogP contribution is 2.32. The van der Waals surface area contributed by atoms with E-state index in [0.717, 1.165) is 29.0 Å². The molecule has 0 bridgehead atoms. The number of nitrogens with two attached hydrogens (primary N) is 1. The quantitative estimate of drug-likeness (QED) is 0.797. The Morgan fingerprint density at radius 1 is 1.27 bits per heavy atom. The van der Waals surface area contributed by atoms with Crippen LogP contribution in [0.15, 0.2) is 18.2 Å². The maximum Gasteiger partial charge on any atom is 0.126 e. The van der Waals surface area contributed by atoms with Crippen molar-refractivity contribution in [2.24, 2.45) is 5.73 Å². The average molecular weight is 205 g/mol. The van der Waals surface area contributed by atoms with Gasteiger partial charge in [-0.15, -0.1) is 0 Å². The summed E-state index contributed by atoms with van der Waals surface area (Å²) in [5.74, 6) is 1.66. The minimum absolute atomic E-state index is 0.0831. The fraction of sp³-hybridized carbons (Fsp3) is 0.333. The monoisotopic (exact) mass is 205 g/mol. The lowest BCUT2D eigenvalue weighted by atomic mass is 9.93. The summed E-state index contributed by atoms with van der Waals surface area (Å²) in [5, 5.41) is 0. The minimum atomic E-state index is 0.0831. The molecule has 0 saturated carbocycles. The van der Waals surface area contributed by atoms with Gasteiger partial charge in [0.25, 0.3) is 0 Å². The Kier molecular flexibility index (Phi) is 2.64. The molecule has 0 radical (unpaired) electrons. The van der Waals surface area contributed by atoms with Crippen LogP contribution < -0.4 is 15.2 Å². The Hall–Kier alpha value is -1.48. The predicted octanol–water partition coefficient (Wildman–Crippen LogP) is 1.60. The van der Waals surface area contributed by atoms with Crippen molar-refractivity contribution < 1.29 is 9.47 Å². The van der Waals surface area contributed by atoms with Gasteiger partial charge in [-0.25, -0.2) is 0 Å². The number of hydrogen-bond acceptors (Lipinski definition) is 3. The summed E-state index contributed by atoms with van der Waals surface area (Å²) in [6.45, 7) is 0. The minimum Gasteiger partial charge on any atom is -0.497 e. The fourth-order valence-electron chi connectivity index (χ4n) is 1.84. The first-order valence-corrected chi connectivity index (χ1v) is 4.93. The van der Waals surface area contributed by atoms with E-state index in [1.807, 2.05) is 24.3 Å². The highest BCUT2D eigenvalue weighted by atomic mass is 16.5. The summed E-state index contributed by atoms with van der Waals surface area (Å²) in [6, 6.07) is 3.98. The van der Waals surface area contributed by atoms with E-state index in [1.54, 1.807) is 14.2 Å². The van der Waals surface area contributed by atoms with Crippen LogP contribution >= 0.6 is 0 Å². The molecule has 3 heteroatoms. The van der Waals surface area contributed by atoms with Crippen LogP contribution in [0.4, 0.5) is 0 Å². The van der Waals surface area contributed by atoms with Crippen molar-refractivity contribution >= 4 is 6.08 Å². The van der Waals surface area contributed by atoms with Gasteiger partial charge in [0, 0.05) is 17.7 Å². The van der Waals surface area contributed by atoms with Gasteiger partial charge in [0.15, 0.2) is 0 Å². The Balaban J connectivity index is 2.52. The van der Waals surface area contributed by atoms with Crippen LogP contribution in [0.3, 0.4) is 0 Å². The fourth-order valence-corrected chi connectivity index (χ4v) is 1.84. The molecule has 0 saturated heterocycles. The molecule has 2 N–H and O–H groups in total. The van der Waals surface area contributed by atoms with E-state index in [9.17, 15) is 0 Å². The highest BCUT2D eigenvalue weighted by molar-refractivity contribution is 5.64. The molecule has 15 heavy (non-hydrogen) atoms. The van der Waals surface area contributed by atoms with Crippen LogP contribution in [0.2, 0.25) is 0 Å². The predicted molar refractivity (Wildman–Crippen MR) is 60.3 cm³/mol. The molecule has 0 spiro atoms. The van der Waals surface area contributed by atoms with Crippen LogP contribution in [0.1, 0.15) is 11.1 Å².